The highest BCUT2D eigenvalue weighted by Gasteiger charge is 2.40. The number of carbonyl (C=O) groups is 1. The number of aromatic nitrogens is 1. The Bertz CT molecular complexity index is 398. The van der Waals surface area contributed by atoms with Crippen LogP contribution in [0.3, 0.4) is 0 Å². The van der Waals surface area contributed by atoms with E-state index in [4.69, 9.17) is 0 Å². The topological polar surface area (TPSA) is 62.2 Å². The third-order valence-corrected chi connectivity index (χ3v) is 3.92. The number of rotatable bonds is 4. The van der Waals surface area contributed by atoms with Crippen LogP contribution in [0.4, 0.5) is 0 Å². The Balaban J connectivity index is 2.01. The number of nitrogens with one attached hydrogen (secondary N) is 1. The van der Waals surface area contributed by atoms with Gasteiger partial charge in [-0.15, -0.1) is 0 Å². The molecule has 2 N–H and O–H groups in total. The van der Waals surface area contributed by atoms with Crippen LogP contribution in [0.5, 0.6) is 0 Å². The van der Waals surface area contributed by atoms with Crippen LogP contribution in [0.25, 0.3) is 0 Å². The minimum Gasteiger partial charge on any atom is -0.480 e. The van der Waals surface area contributed by atoms with Gasteiger partial charge < -0.3 is 5.11 Å². The minimum atomic E-state index is -0.740. The van der Waals surface area contributed by atoms with E-state index < -0.39 is 11.5 Å². The molecule has 0 aromatic carbocycles. The van der Waals surface area contributed by atoms with E-state index in [2.05, 4.69) is 17.2 Å². The summed E-state index contributed by atoms with van der Waals surface area (Å²) in [5, 5.41) is 12.7. The van der Waals surface area contributed by atoms with Gasteiger partial charge in [0.1, 0.15) is 5.54 Å². The molecule has 0 bridgehead atoms. The first kappa shape index (κ1) is 13.0. The Labute approximate surface area is 107 Å². The number of nitrogens with zero attached hydrogens (tertiary/aromatic N) is 1. The number of carboxylic acid groups (broad SMARTS) is 1. The molecular formula is C14H20N2O2. The van der Waals surface area contributed by atoms with Gasteiger partial charge in [0.05, 0.1) is 0 Å². The molecular weight excluding hydrogens is 228 g/mol. The van der Waals surface area contributed by atoms with Gasteiger partial charge in [0.2, 0.25) is 0 Å². The van der Waals surface area contributed by atoms with Crippen molar-refractivity contribution in [1.29, 1.82) is 0 Å². The Hall–Kier alpha value is -1.42. The predicted octanol–water partition coefficient (Wildman–Crippen LogP) is 2.20. The second-order valence-corrected chi connectivity index (χ2v) is 5.28. The predicted molar refractivity (Wildman–Crippen MR) is 69.1 cm³/mol. The van der Waals surface area contributed by atoms with Crippen molar-refractivity contribution in [2.45, 2.75) is 44.7 Å². The second kappa shape index (κ2) is 5.48. The van der Waals surface area contributed by atoms with Gasteiger partial charge in [-0.1, -0.05) is 6.92 Å². The summed E-state index contributed by atoms with van der Waals surface area (Å²) in [5.74, 6) is -0.0799. The van der Waals surface area contributed by atoms with E-state index in [1.54, 1.807) is 12.4 Å². The van der Waals surface area contributed by atoms with Crippen LogP contribution < -0.4 is 5.32 Å². The maximum absolute atomic E-state index is 11.5. The highest BCUT2D eigenvalue weighted by Crippen LogP contribution is 2.32. The van der Waals surface area contributed by atoms with Crippen LogP contribution in [-0.4, -0.2) is 21.6 Å². The normalized spacial score (nSPS) is 27.9. The van der Waals surface area contributed by atoms with Gasteiger partial charge in [-0.3, -0.25) is 15.1 Å². The summed E-state index contributed by atoms with van der Waals surface area (Å²) in [6.45, 7) is 2.78. The quantitative estimate of drug-likeness (QED) is 0.857. The van der Waals surface area contributed by atoms with Crippen molar-refractivity contribution in [2.24, 2.45) is 5.92 Å². The zero-order valence-electron chi connectivity index (χ0n) is 10.7. The number of hydrogen-bond donors (Lipinski definition) is 2. The standard InChI is InChI=1S/C14H20N2O2/c1-11-2-6-14(7-3-11,13(17)18)16-10-12-4-8-15-9-5-12/h4-5,8-9,11,16H,2-3,6-7,10H2,1H3,(H,17,18). The first-order valence-corrected chi connectivity index (χ1v) is 6.50. The summed E-state index contributed by atoms with van der Waals surface area (Å²) < 4.78 is 0. The minimum absolute atomic E-state index is 0.587. The smallest absolute Gasteiger partial charge is 0.323 e. The van der Waals surface area contributed by atoms with Crippen molar-refractivity contribution in [1.82, 2.24) is 10.3 Å². The lowest BCUT2D eigenvalue weighted by atomic mass is 9.77. The molecule has 0 spiro atoms. The van der Waals surface area contributed by atoms with Crippen molar-refractivity contribution < 1.29 is 9.90 Å². The van der Waals surface area contributed by atoms with Gasteiger partial charge in [0.15, 0.2) is 0 Å². The Morgan fingerprint density at radius 3 is 2.61 bits per heavy atom. The Morgan fingerprint density at radius 1 is 1.44 bits per heavy atom. The number of pyridine rings is 1. The van der Waals surface area contributed by atoms with Gasteiger partial charge in [0.25, 0.3) is 0 Å². The maximum atomic E-state index is 11.5. The molecule has 1 fully saturated rings. The van der Waals surface area contributed by atoms with Gasteiger partial charge in [-0.2, -0.15) is 0 Å². The first-order valence-electron chi connectivity index (χ1n) is 6.50. The van der Waals surface area contributed by atoms with E-state index in [0.717, 1.165) is 18.4 Å². The van der Waals surface area contributed by atoms with E-state index in [9.17, 15) is 9.90 Å². The zero-order valence-corrected chi connectivity index (χ0v) is 10.7. The second-order valence-electron chi connectivity index (χ2n) is 5.28. The Morgan fingerprint density at radius 2 is 2.06 bits per heavy atom. The molecule has 0 atom stereocenters. The monoisotopic (exact) mass is 248 g/mol. The Kier molecular flexibility index (Phi) is 3.97. The van der Waals surface area contributed by atoms with E-state index >= 15 is 0 Å². The van der Waals surface area contributed by atoms with Gasteiger partial charge in [0, 0.05) is 18.9 Å². The van der Waals surface area contributed by atoms with Crippen LogP contribution in [0, 0.1) is 5.92 Å². The van der Waals surface area contributed by atoms with Gasteiger partial charge in [-0.05, 0) is 49.3 Å². The fourth-order valence-electron chi connectivity index (χ4n) is 2.49. The molecule has 0 amide bonds. The molecule has 1 aliphatic carbocycles. The van der Waals surface area contributed by atoms with Crippen molar-refractivity contribution in [3.05, 3.63) is 30.1 Å². The number of hydrogen-bond acceptors (Lipinski definition) is 3. The summed E-state index contributed by atoms with van der Waals surface area (Å²) in [4.78, 5) is 15.5. The third kappa shape index (κ3) is 2.88. The highest BCUT2D eigenvalue weighted by atomic mass is 16.4. The molecule has 1 aromatic heterocycles. The molecule has 1 heterocycles. The van der Waals surface area contributed by atoms with E-state index in [-0.39, 0.29) is 0 Å². The van der Waals surface area contributed by atoms with Crippen molar-refractivity contribution >= 4 is 5.97 Å². The van der Waals surface area contributed by atoms with Crippen LogP contribution >= 0.6 is 0 Å². The van der Waals surface area contributed by atoms with Crippen LogP contribution in [0.1, 0.15) is 38.2 Å². The lowest BCUT2D eigenvalue weighted by molar-refractivity contribution is -0.146. The maximum Gasteiger partial charge on any atom is 0.323 e. The molecule has 18 heavy (non-hydrogen) atoms. The molecule has 1 aliphatic rings. The first-order chi connectivity index (χ1) is 8.62. The SMILES string of the molecule is CC1CCC(NCc2ccncc2)(C(=O)O)CC1. The molecule has 1 saturated carbocycles. The van der Waals surface area contributed by atoms with Crippen molar-refractivity contribution in [3.63, 3.8) is 0 Å². The number of carboxylic acids is 1. The fourth-order valence-corrected chi connectivity index (χ4v) is 2.49. The molecule has 0 saturated heterocycles. The average molecular weight is 248 g/mol. The zero-order chi connectivity index (χ0) is 13.0. The van der Waals surface area contributed by atoms with E-state index in [1.807, 2.05) is 12.1 Å². The molecule has 4 nitrogen and oxygen atoms in total. The largest absolute Gasteiger partial charge is 0.480 e. The lowest BCUT2D eigenvalue weighted by Crippen LogP contribution is -2.53. The molecule has 0 aliphatic heterocycles. The van der Waals surface area contributed by atoms with Gasteiger partial charge in [-0.25, -0.2) is 0 Å². The molecule has 0 radical (unpaired) electrons. The van der Waals surface area contributed by atoms with E-state index in [0.29, 0.717) is 25.3 Å². The van der Waals surface area contributed by atoms with Crippen LogP contribution in [0.2, 0.25) is 0 Å². The lowest BCUT2D eigenvalue weighted by Gasteiger charge is -2.36. The van der Waals surface area contributed by atoms with E-state index in [1.165, 1.54) is 0 Å². The third-order valence-electron chi connectivity index (χ3n) is 3.92. The van der Waals surface area contributed by atoms with Crippen LogP contribution in [0.15, 0.2) is 24.5 Å². The number of aliphatic carboxylic acids is 1. The van der Waals surface area contributed by atoms with Crippen LogP contribution in [-0.2, 0) is 11.3 Å². The van der Waals surface area contributed by atoms with Crippen molar-refractivity contribution in [2.75, 3.05) is 0 Å². The molecule has 4 heteroatoms. The summed E-state index contributed by atoms with van der Waals surface area (Å²) in [5.41, 5.74) is 0.333. The summed E-state index contributed by atoms with van der Waals surface area (Å²) in [7, 11) is 0. The van der Waals surface area contributed by atoms with Gasteiger partial charge >= 0.3 is 5.97 Å². The molecule has 2 rings (SSSR count). The average Bonchev–Trinajstić information content (AvgIpc) is 2.39. The summed E-state index contributed by atoms with van der Waals surface area (Å²) in [6.07, 6.45) is 6.86. The molecule has 1 aromatic rings. The van der Waals surface area contributed by atoms with Crippen molar-refractivity contribution in [3.8, 4) is 0 Å². The summed E-state index contributed by atoms with van der Waals surface area (Å²) in [6, 6.07) is 3.82. The molecule has 0 unspecified atom stereocenters. The summed E-state index contributed by atoms with van der Waals surface area (Å²) >= 11 is 0. The highest BCUT2D eigenvalue weighted by molar-refractivity contribution is 5.78. The molecule has 98 valence electrons. The fraction of sp³-hybridized carbons (Fsp3) is 0.571.